The van der Waals surface area contributed by atoms with Crippen molar-refractivity contribution in [3.63, 3.8) is 0 Å². The van der Waals surface area contributed by atoms with Gasteiger partial charge in [0, 0.05) is 13.8 Å². The number of hydrogen-bond donors (Lipinski definition) is 1. The van der Waals surface area contributed by atoms with Crippen molar-refractivity contribution in [2.75, 3.05) is 6.61 Å². The maximum atomic E-state index is 10.5. The molecule has 0 radical (unpaired) electrons. The summed E-state index contributed by atoms with van der Waals surface area (Å²) in [4.78, 5) is 19.5. The molecule has 4 heteroatoms. The SMILES string of the molecule is CC(=O)O.CC/C=C/C=C/CCCCCCCCCCOC(C)=O. The van der Waals surface area contributed by atoms with Crippen LogP contribution < -0.4 is 0 Å². The van der Waals surface area contributed by atoms with E-state index < -0.39 is 5.97 Å². The number of ether oxygens (including phenoxy) is 1. The standard InChI is InChI=1S/C18H32O2.C2H4O2/c1-3-4-5-6-7-8-9-10-11-12-13-14-15-16-17-20-18(2)19;1-2(3)4/h4-7H,3,8-17H2,1-2H3;1H3,(H,3,4)/b5-4+,7-6+;. The van der Waals surface area contributed by atoms with E-state index in [2.05, 4.69) is 31.2 Å². The molecule has 0 amide bonds. The van der Waals surface area contributed by atoms with Gasteiger partial charge in [-0.3, -0.25) is 9.59 Å². The fourth-order valence-electron chi connectivity index (χ4n) is 2.03. The maximum Gasteiger partial charge on any atom is 0.302 e. The molecule has 0 rings (SSSR count). The maximum absolute atomic E-state index is 10.5. The molecule has 0 aromatic heterocycles. The zero-order valence-corrected chi connectivity index (χ0v) is 15.8. The van der Waals surface area contributed by atoms with E-state index in [0.717, 1.165) is 19.8 Å². The monoisotopic (exact) mass is 340 g/mol. The van der Waals surface area contributed by atoms with Crippen LogP contribution >= 0.6 is 0 Å². The Morgan fingerprint density at radius 1 is 0.833 bits per heavy atom. The Kier molecular flexibility index (Phi) is 22.0. The van der Waals surface area contributed by atoms with Crippen molar-refractivity contribution in [2.45, 2.75) is 85.0 Å². The van der Waals surface area contributed by atoms with Crippen LogP contribution in [0.2, 0.25) is 0 Å². The molecule has 1 N–H and O–H groups in total. The van der Waals surface area contributed by atoms with Crippen LogP contribution in [0.3, 0.4) is 0 Å². The second kappa shape index (κ2) is 21.4. The Morgan fingerprint density at radius 2 is 1.29 bits per heavy atom. The predicted molar refractivity (Wildman–Crippen MR) is 100 cm³/mol. The molecule has 0 aromatic rings. The first-order valence-corrected chi connectivity index (χ1v) is 9.15. The predicted octanol–water partition coefficient (Wildman–Crippen LogP) is 5.67. The molecule has 0 saturated heterocycles. The summed E-state index contributed by atoms with van der Waals surface area (Å²) in [7, 11) is 0. The van der Waals surface area contributed by atoms with Gasteiger partial charge in [-0.25, -0.2) is 0 Å². The van der Waals surface area contributed by atoms with Crippen molar-refractivity contribution in [1.29, 1.82) is 0 Å². The molecule has 0 unspecified atom stereocenters. The number of carbonyl (C=O) groups excluding carboxylic acids is 1. The van der Waals surface area contributed by atoms with E-state index in [9.17, 15) is 4.79 Å². The minimum atomic E-state index is -0.833. The highest BCUT2D eigenvalue weighted by Gasteiger charge is 1.94. The van der Waals surface area contributed by atoms with Gasteiger partial charge in [-0.15, -0.1) is 0 Å². The highest BCUT2D eigenvalue weighted by molar-refractivity contribution is 5.65. The first-order chi connectivity index (χ1) is 11.5. The van der Waals surface area contributed by atoms with Crippen molar-refractivity contribution in [2.24, 2.45) is 0 Å². The molecule has 0 spiro atoms. The van der Waals surface area contributed by atoms with Crippen LogP contribution in [-0.4, -0.2) is 23.7 Å². The fraction of sp³-hybridized carbons (Fsp3) is 0.700. The second-order valence-corrected chi connectivity index (χ2v) is 5.74. The Labute approximate surface area is 148 Å². The van der Waals surface area contributed by atoms with Gasteiger partial charge < -0.3 is 9.84 Å². The number of unbranched alkanes of at least 4 members (excludes halogenated alkanes) is 8. The van der Waals surface area contributed by atoms with Crippen LogP contribution in [0, 0.1) is 0 Å². The Hall–Kier alpha value is -1.58. The molecule has 0 fully saturated rings. The number of allylic oxidation sites excluding steroid dienone is 4. The summed E-state index contributed by atoms with van der Waals surface area (Å²) in [5.41, 5.74) is 0. The molecule has 4 nitrogen and oxygen atoms in total. The van der Waals surface area contributed by atoms with Crippen molar-refractivity contribution >= 4 is 11.9 Å². The molecular weight excluding hydrogens is 304 g/mol. The van der Waals surface area contributed by atoms with Crippen LogP contribution in [-0.2, 0) is 14.3 Å². The molecule has 140 valence electrons. The summed E-state index contributed by atoms with van der Waals surface area (Å²) in [5.74, 6) is -0.996. The van der Waals surface area contributed by atoms with Crippen LogP contribution in [0.4, 0.5) is 0 Å². The van der Waals surface area contributed by atoms with Gasteiger partial charge in [0.05, 0.1) is 6.61 Å². The summed E-state index contributed by atoms with van der Waals surface area (Å²) in [6.07, 6.45) is 21.2. The van der Waals surface area contributed by atoms with Crippen LogP contribution in [0.25, 0.3) is 0 Å². The molecule has 0 aliphatic rings. The average Bonchev–Trinajstić information content (AvgIpc) is 2.50. The number of hydrogen-bond acceptors (Lipinski definition) is 3. The van der Waals surface area contributed by atoms with Gasteiger partial charge in [-0.2, -0.15) is 0 Å². The molecule has 0 atom stereocenters. The normalized spacial score (nSPS) is 10.6. The van der Waals surface area contributed by atoms with Crippen LogP contribution in [0.1, 0.15) is 85.0 Å². The zero-order valence-electron chi connectivity index (χ0n) is 15.8. The summed E-state index contributed by atoms with van der Waals surface area (Å²) in [5, 5.41) is 7.42. The summed E-state index contributed by atoms with van der Waals surface area (Å²) >= 11 is 0. The van der Waals surface area contributed by atoms with Crippen molar-refractivity contribution in [1.82, 2.24) is 0 Å². The van der Waals surface area contributed by atoms with E-state index in [4.69, 9.17) is 14.6 Å². The summed E-state index contributed by atoms with van der Waals surface area (Å²) in [6, 6.07) is 0. The summed E-state index contributed by atoms with van der Waals surface area (Å²) < 4.78 is 4.90. The van der Waals surface area contributed by atoms with Gasteiger partial charge in [-0.1, -0.05) is 69.8 Å². The van der Waals surface area contributed by atoms with E-state index >= 15 is 0 Å². The van der Waals surface area contributed by atoms with Crippen molar-refractivity contribution < 1.29 is 19.4 Å². The first-order valence-electron chi connectivity index (χ1n) is 9.15. The van der Waals surface area contributed by atoms with Gasteiger partial charge in [0.25, 0.3) is 5.97 Å². The van der Waals surface area contributed by atoms with Crippen molar-refractivity contribution in [3.8, 4) is 0 Å². The van der Waals surface area contributed by atoms with Crippen LogP contribution in [0.5, 0.6) is 0 Å². The quantitative estimate of drug-likeness (QED) is 0.266. The Morgan fingerprint density at radius 3 is 1.79 bits per heavy atom. The smallest absolute Gasteiger partial charge is 0.302 e. The minimum Gasteiger partial charge on any atom is -0.481 e. The molecule has 0 aromatic carbocycles. The number of aliphatic carboxylic acids is 1. The molecule has 0 bridgehead atoms. The lowest BCUT2D eigenvalue weighted by Gasteiger charge is -2.02. The Balaban J connectivity index is 0. The molecular formula is C20H36O4. The topological polar surface area (TPSA) is 63.6 Å². The third-order valence-electron chi connectivity index (χ3n) is 3.19. The second-order valence-electron chi connectivity index (χ2n) is 5.74. The van der Waals surface area contributed by atoms with Gasteiger partial charge in [0.1, 0.15) is 0 Å². The Bertz CT molecular complexity index is 342. The third kappa shape index (κ3) is 32.4. The molecule has 0 aliphatic heterocycles. The van der Waals surface area contributed by atoms with Gasteiger partial charge >= 0.3 is 5.97 Å². The minimum absolute atomic E-state index is 0.163. The fourth-order valence-corrected chi connectivity index (χ4v) is 2.03. The van der Waals surface area contributed by atoms with Gasteiger partial charge in [0.2, 0.25) is 0 Å². The highest BCUT2D eigenvalue weighted by atomic mass is 16.5. The largest absolute Gasteiger partial charge is 0.481 e. The lowest BCUT2D eigenvalue weighted by molar-refractivity contribution is -0.141. The summed E-state index contributed by atoms with van der Waals surface area (Å²) in [6.45, 7) is 5.30. The van der Waals surface area contributed by atoms with Gasteiger partial charge in [-0.05, 0) is 25.7 Å². The molecule has 0 saturated carbocycles. The van der Waals surface area contributed by atoms with E-state index in [1.54, 1.807) is 0 Å². The third-order valence-corrected chi connectivity index (χ3v) is 3.19. The van der Waals surface area contributed by atoms with Gasteiger partial charge in [0.15, 0.2) is 0 Å². The number of carbonyl (C=O) groups is 2. The number of carboxylic acid groups (broad SMARTS) is 1. The first kappa shape index (κ1) is 24.7. The number of rotatable bonds is 13. The molecule has 0 heterocycles. The van der Waals surface area contributed by atoms with E-state index in [1.165, 1.54) is 58.3 Å². The van der Waals surface area contributed by atoms with E-state index in [-0.39, 0.29) is 5.97 Å². The van der Waals surface area contributed by atoms with E-state index in [0.29, 0.717) is 6.61 Å². The lowest BCUT2D eigenvalue weighted by Crippen LogP contribution is -2.00. The van der Waals surface area contributed by atoms with Crippen LogP contribution in [0.15, 0.2) is 24.3 Å². The number of esters is 1. The average molecular weight is 341 g/mol. The van der Waals surface area contributed by atoms with E-state index in [1.807, 2.05) is 0 Å². The van der Waals surface area contributed by atoms with Crippen molar-refractivity contribution in [3.05, 3.63) is 24.3 Å². The molecule has 24 heavy (non-hydrogen) atoms. The highest BCUT2D eigenvalue weighted by Crippen LogP contribution is 2.10. The number of carboxylic acids is 1. The molecule has 0 aliphatic carbocycles. The lowest BCUT2D eigenvalue weighted by atomic mass is 10.1. The zero-order chi connectivity index (χ0) is 18.5.